The van der Waals surface area contributed by atoms with Gasteiger partial charge >= 0.3 is 0 Å². The summed E-state index contributed by atoms with van der Waals surface area (Å²) in [6.07, 6.45) is 3.23. The predicted molar refractivity (Wildman–Crippen MR) is 142 cm³/mol. The SMILES string of the molecule is COc1ccc(C(CNC(=O)c2c(Cl)cc(-n3cnc(C)n3)cc2Cl)c2nc3ccc(Cl)cc3[nH]2)cn1. The summed E-state index contributed by atoms with van der Waals surface area (Å²) >= 11 is 19.1. The number of methoxy groups -OCH3 is 1. The highest BCUT2D eigenvalue weighted by Gasteiger charge is 2.23. The first-order valence-electron chi connectivity index (χ1n) is 11.1. The first-order chi connectivity index (χ1) is 17.8. The maximum absolute atomic E-state index is 13.2. The molecule has 2 aromatic carbocycles. The van der Waals surface area contributed by atoms with Crippen LogP contribution in [-0.4, -0.2) is 49.3 Å². The molecule has 5 rings (SSSR count). The zero-order valence-corrected chi connectivity index (χ0v) is 21.9. The van der Waals surface area contributed by atoms with Gasteiger partial charge in [-0.15, -0.1) is 0 Å². The van der Waals surface area contributed by atoms with Gasteiger partial charge in [0.2, 0.25) is 5.88 Å². The van der Waals surface area contributed by atoms with Gasteiger partial charge in [-0.05, 0) is 42.8 Å². The fraction of sp³-hybridized carbons (Fsp3) is 0.160. The summed E-state index contributed by atoms with van der Waals surface area (Å²) in [5.74, 6) is 0.925. The quantitative estimate of drug-likeness (QED) is 0.279. The number of pyridine rings is 1. The predicted octanol–water partition coefficient (Wildman–Crippen LogP) is 5.38. The largest absolute Gasteiger partial charge is 0.481 e. The average Bonchev–Trinajstić information content (AvgIpc) is 3.50. The fourth-order valence-electron chi connectivity index (χ4n) is 3.92. The van der Waals surface area contributed by atoms with Crippen LogP contribution in [0.4, 0.5) is 0 Å². The van der Waals surface area contributed by atoms with Crippen LogP contribution in [0, 0.1) is 6.92 Å². The molecule has 0 radical (unpaired) electrons. The summed E-state index contributed by atoms with van der Waals surface area (Å²) in [6, 6.07) is 12.3. The summed E-state index contributed by atoms with van der Waals surface area (Å²) in [6.45, 7) is 1.96. The number of aromatic nitrogens is 6. The maximum atomic E-state index is 13.2. The monoisotopic (exact) mass is 555 g/mol. The standard InChI is InChI=1S/C25H20Cl3N7O2/c1-13-31-12-35(34-13)16-8-18(27)23(19(28)9-16)25(36)30-11-17(14-3-6-22(37-2)29-10-14)24-32-20-5-4-15(26)7-21(20)33-24/h3-10,12,17H,11H2,1-2H3,(H,30,36)(H,32,33). The second-order valence-corrected chi connectivity index (χ2v) is 9.45. The molecule has 3 aromatic heterocycles. The lowest BCUT2D eigenvalue weighted by atomic mass is 10.00. The highest BCUT2D eigenvalue weighted by Crippen LogP contribution is 2.30. The van der Waals surface area contributed by atoms with Gasteiger partial charge in [0.15, 0.2) is 0 Å². The van der Waals surface area contributed by atoms with Crippen LogP contribution in [0.5, 0.6) is 5.88 Å². The van der Waals surface area contributed by atoms with Crippen molar-refractivity contribution in [2.45, 2.75) is 12.8 Å². The van der Waals surface area contributed by atoms with Crippen molar-refractivity contribution in [2.75, 3.05) is 13.7 Å². The molecule has 0 aliphatic rings. The Bertz CT molecular complexity index is 1570. The number of benzene rings is 2. The third-order valence-electron chi connectivity index (χ3n) is 5.75. The molecule has 3 heterocycles. The summed E-state index contributed by atoms with van der Waals surface area (Å²) in [7, 11) is 1.55. The topological polar surface area (TPSA) is 111 Å². The Morgan fingerprint density at radius 1 is 1.11 bits per heavy atom. The molecule has 0 aliphatic carbocycles. The van der Waals surface area contributed by atoms with E-state index in [1.165, 1.54) is 4.68 Å². The summed E-state index contributed by atoms with van der Waals surface area (Å²) in [5.41, 5.74) is 3.11. The van der Waals surface area contributed by atoms with Gasteiger partial charge in [-0.3, -0.25) is 4.79 Å². The van der Waals surface area contributed by atoms with Gasteiger partial charge in [0.05, 0.1) is 45.4 Å². The van der Waals surface area contributed by atoms with Crippen molar-refractivity contribution in [1.29, 1.82) is 0 Å². The molecule has 2 N–H and O–H groups in total. The Balaban J connectivity index is 1.43. The third-order valence-corrected chi connectivity index (χ3v) is 6.59. The normalized spacial score (nSPS) is 12.0. The van der Waals surface area contributed by atoms with Crippen molar-refractivity contribution >= 4 is 51.7 Å². The molecule has 0 spiro atoms. The van der Waals surface area contributed by atoms with E-state index in [1.807, 2.05) is 12.1 Å². The van der Waals surface area contributed by atoms with Crippen molar-refractivity contribution in [1.82, 2.24) is 35.0 Å². The molecular weight excluding hydrogens is 537 g/mol. The third kappa shape index (κ3) is 5.24. The van der Waals surface area contributed by atoms with Crippen LogP contribution < -0.4 is 10.1 Å². The van der Waals surface area contributed by atoms with E-state index in [4.69, 9.17) is 44.5 Å². The highest BCUT2D eigenvalue weighted by atomic mass is 35.5. The molecule has 0 fully saturated rings. The van der Waals surface area contributed by atoms with Crippen molar-refractivity contribution in [2.24, 2.45) is 0 Å². The summed E-state index contributed by atoms with van der Waals surface area (Å²) in [5, 5.41) is 8.16. The molecule has 0 saturated carbocycles. The van der Waals surface area contributed by atoms with Crippen molar-refractivity contribution in [3.63, 3.8) is 0 Å². The Hall–Kier alpha value is -3.66. The second-order valence-electron chi connectivity index (χ2n) is 8.20. The smallest absolute Gasteiger partial charge is 0.254 e. The number of H-pyrrole nitrogens is 1. The van der Waals surface area contributed by atoms with Crippen LogP contribution >= 0.6 is 34.8 Å². The minimum atomic E-state index is -0.429. The molecule has 1 atom stereocenters. The molecular formula is C25H20Cl3N7O2. The van der Waals surface area contributed by atoms with Gasteiger partial charge in [-0.1, -0.05) is 40.9 Å². The number of nitrogens with zero attached hydrogens (tertiary/aromatic N) is 5. The number of amides is 1. The number of imidazole rings is 1. The number of carbonyl (C=O) groups excluding carboxylic acids is 1. The van der Waals surface area contributed by atoms with Gasteiger partial charge in [0.25, 0.3) is 5.91 Å². The van der Waals surface area contributed by atoms with Crippen LogP contribution in [0.25, 0.3) is 16.7 Å². The zero-order valence-electron chi connectivity index (χ0n) is 19.7. The van der Waals surface area contributed by atoms with E-state index in [0.717, 1.165) is 16.6 Å². The Morgan fingerprint density at radius 3 is 2.54 bits per heavy atom. The number of ether oxygens (including phenoxy) is 1. The first-order valence-corrected chi connectivity index (χ1v) is 12.3. The lowest BCUT2D eigenvalue weighted by molar-refractivity contribution is 0.0952. The zero-order chi connectivity index (χ0) is 26.1. The van der Waals surface area contributed by atoms with E-state index in [9.17, 15) is 4.79 Å². The average molecular weight is 557 g/mol. The van der Waals surface area contributed by atoms with E-state index < -0.39 is 5.91 Å². The molecule has 188 valence electrons. The molecule has 12 heteroatoms. The molecule has 1 unspecified atom stereocenters. The lowest BCUT2D eigenvalue weighted by Crippen LogP contribution is -2.30. The molecule has 37 heavy (non-hydrogen) atoms. The molecule has 0 saturated heterocycles. The number of rotatable bonds is 7. The molecule has 0 bridgehead atoms. The Morgan fingerprint density at radius 2 is 1.89 bits per heavy atom. The van der Waals surface area contributed by atoms with E-state index in [1.54, 1.807) is 56.9 Å². The number of nitrogens with one attached hydrogen (secondary N) is 2. The van der Waals surface area contributed by atoms with Crippen molar-refractivity contribution < 1.29 is 9.53 Å². The maximum Gasteiger partial charge on any atom is 0.254 e. The number of aromatic amines is 1. The summed E-state index contributed by atoms with van der Waals surface area (Å²) in [4.78, 5) is 29.7. The highest BCUT2D eigenvalue weighted by molar-refractivity contribution is 6.40. The number of fused-ring (bicyclic) bond motifs is 1. The number of aryl methyl sites for hydroxylation is 1. The molecule has 1 amide bonds. The van der Waals surface area contributed by atoms with Gasteiger partial charge in [-0.2, -0.15) is 5.10 Å². The minimum absolute atomic E-state index is 0.159. The van der Waals surface area contributed by atoms with Crippen LogP contribution in [0.3, 0.4) is 0 Å². The van der Waals surface area contributed by atoms with E-state index in [2.05, 4.69) is 25.4 Å². The van der Waals surface area contributed by atoms with Crippen LogP contribution in [0.15, 0.2) is 55.0 Å². The van der Waals surface area contributed by atoms with Crippen LogP contribution in [0.1, 0.15) is 33.5 Å². The van der Waals surface area contributed by atoms with Crippen LogP contribution in [-0.2, 0) is 0 Å². The van der Waals surface area contributed by atoms with Gasteiger partial charge < -0.3 is 15.0 Å². The minimum Gasteiger partial charge on any atom is -0.481 e. The molecule has 5 aromatic rings. The van der Waals surface area contributed by atoms with Gasteiger partial charge in [-0.25, -0.2) is 19.6 Å². The fourth-order valence-corrected chi connectivity index (χ4v) is 4.74. The molecule has 0 aliphatic heterocycles. The number of carbonyl (C=O) groups is 1. The number of hydrogen-bond acceptors (Lipinski definition) is 6. The molecule has 9 nitrogen and oxygen atoms in total. The number of hydrogen-bond donors (Lipinski definition) is 2. The van der Waals surface area contributed by atoms with Crippen molar-refractivity contribution in [3.05, 3.63) is 92.8 Å². The van der Waals surface area contributed by atoms with Crippen LogP contribution in [0.2, 0.25) is 15.1 Å². The van der Waals surface area contributed by atoms with E-state index >= 15 is 0 Å². The first kappa shape index (κ1) is 25.0. The summed E-state index contributed by atoms with van der Waals surface area (Å²) < 4.78 is 6.72. The van der Waals surface area contributed by atoms with Gasteiger partial charge in [0, 0.05) is 23.8 Å². The van der Waals surface area contributed by atoms with Gasteiger partial charge in [0.1, 0.15) is 18.0 Å². The Labute approximate surface area is 226 Å². The van der Waals surface area contributed by atoms with E-state index in [0.29, 0.717) is 28.2 Å². The van der Waals surface area contributed by atoms with Crippen molar-refractivity contribution in [3.8, 4) is 11.6 Å². The number of halogens is 3. The lowest BCUT2D eigenvalue weighted by Gasteiger charge is -2.17. The second kappa shape index (κ2) is 10.4. The Kier molecular flexibility index (Phi) is 7.01. The van der Waals surface area contributed by atoms with E-state index in [-0.39, 0.29) is 28.1 Å².